The lowest BCUT2D eigenvalue weighted by Crippen LogP contribution is -2.47. The number of likely N-dealkylation sites (tertiary alicyclic amines) is 1. The summed E-state index contributed by atoms with van der Waals surface area (Å²) in [5.41, 5.74) is 1.82. The van der Waals surface area contributed by atoms with Crippen LogP contribution in [0.1, 0.15) is 58.4 Å². The molecule has 0 aliphatic carbocycles. The molecule has 1 heterocycles. The zero-order valence-electron chi connectivity index (χ0n) is 13.9. The van der Waals surface area contributed by atoms with E-state index in [2.05, 4.69) is 65.9 Å². The maximum Gasteiger partial charge on any atom is 0.0178 e. The fourth-order valence-electron chi connectivity index (χ4n) is 3.55. The average molecular weight is 352 g/mol. The normalized spacial score (nSPS) is 27.0. The maximum absolute atomic E-state index is 3.62. The first-order chi connectivity index (χ1) is 10.1. The van der Waals surface area contributed by atoms with Gasteiger partial charge in [0.05, 0.1) is 0 Å². The van der Waals surface area contributed by atoms with Gasteiger partial charge in [-0.25, -0.2) is 0 Å². The summed E-state index contributed by atoms with van der Waals surface area (Å²) >= 11 is 3.62. The molecule has 1 aliphatic heterocycles. The first kappa shape index (κ1) is 17.0. The molecule has 0 aromatic heterocycles. The van der Waals surface area contributed by atoms with Crippen LogP contribution in [0.2, 0.25) is 0 Å². The summed E-state index contributed by atoms with van der Waals surface area (Å²) in [5, 5.41) is 0. The third kappa shape index (κ3) is 4.32. The number of hydrogen-bond donors (Lipinski definition) is 0. The van der Waals surface area contributed by atoms with Crippen LogP contribution in [-0.2, 0) is 5.41 Å². The molecule has 0 amide bonds. The lowest BCUT2D eigenvalue weighted by atomic mass is 9.68. The molecule has 1 nitrogen and oxygen atoms in total. The van der Waals surface area contributed by atoms with Gasteiger partial charge >= 0.3 is 0 Å². The van der Waals surface area contributed by atoms with Gasteiger partial charge in [-0.05, 0) is 55.0 Å². The molecule has 0 radical (unpaired) electrons. The maximum atomic E-state index is 3.62. The minimum atomic E-state index is 0.323. The molecular formula is C19H30BrN. The Morgan fingerprint density at radius 1 is 1.29 bits per heavy atom. The van der Waals surface area contributed by atoms with E-state index in [4.69, 9.17) is 0 Å². The number of hydrogen-bond acceptors (Lipinski definition) is 1. The van der Waals surface area contributed by atoms with Crippen molar-refractivity contribution in [1.82, 2.24) is 4.90 Å². The van der Waals surface area contributed by atoms with Gasteiger partial charge in [0.1, 0.15) is 0 Å². The van der Waals surface area contributed by atoms with E-state index in [1.807, 2.05) is 0 Å². The molecule has 21 heavy (non-hydrogen) atoms. The minimum absolute atomic E-state index is 0.323. The molecule has 1 aliphatic rings. The molecule has 0 bridgehead atoms. The highest BCUT2D eigenvalue weighted by Crippen LogP contribution is 2.40. The van der Waals surface area contributed by atoms with Crippen LogP contribution in [0.5, 0.6) is 0 Å². The van der Waals surface area contributed by atoms with Gasteiger partial charge in [-0.15, -0.1) is 0 Å². The Labute approximate surface area is 139 Å². The Hall–Kier alpha value is -0.340. The molecule has 1 aromatic rings. The van der Waals surface area contributed by atoms with Crippen LogP contribution in [0.25, 0.3) is 0 Å². The van der Waals surface area contributed by atoms with E-state index < -0.39 is 0 Å². The number of benzene rings is 1. The van der Waals surface area contributed by atoms with E-state index in [0.717, 1.165) is 0 Å². The third-order valence-electron chi connectivity index (χ3n) is 5.38. The number of piperidine rings is 1. The third-order valence-corrected chi connectivity index (χ3v) is 5.87. The molecule has 2 heteroatoms. The highest BCUT2D eigenvalue weighted by atomic mass is 79.9. The largest absolute Gasteiger partial charge is 0.303 e. The zero-order valence-corrected chi connectivity index (χ0v) is 15.5. The molecule has 0 saturated carbocycles. The predicted octanol–water partition coefficient (Wildman–Crippen LogP) is 5.63. The van der Waals surface area contributed by atoms with Crippen molar-refractivity contribution < 1.29 is 0 Å². The van der Waals surface area contributed by atoms with Crippen molar-refractivity contribution >= 4 is 15.9 Å². The zero-order chi connectivity index (χ0) is 15.3. The summed E-state index contributed by atoms with van der Waals surface area (Å²) in [5.74, 6) is 0.715. The summed E-state index contributed by atoms with van der Waals surface area (Å²) < 4.78 is 1.20. The van der Waals surface area contributed by atoms with Crippen LogP contribution in [-0.4, -0.2) is 24.5 Å². The Bertz CT molecular complexity index is 445. The number of rotatable bonds is 6. The molecule has 1 aromatic carbocycles. The Morgan fingerprint density at radius 3 is 2.76 bits per heavy atom. The fraction of sp³-hybridized carbons (Fsp3) is 0.684. The van der Waals surface area contributed by atoms with Crippen molar-refractivity contribution in [3.05, 3.63) is 34.3 Å². The van der Waals surface area contributed by atoms with Crippen LogP contribution in [0, 0.1) is 5.92 Å². The predicted molar refractivity (Wildman–Crippen MR) is 95.9 cm³/mol. The Morgan fingerprint density at radius 2 is 2.10 bits per heavy atom. The lowest BCUT2D eigenvalue weighted by molar-refractivity contribution is 0.109. The van der Waals surface area contributed by atoms with E-state index in [0.29, 0.717) is 11.3 Å². The highest BCUT2D eigenvalue weighted by Gasteiger charge is 2.37. The van der Waals surface area contributed by atoms with Crippen LogP contribution in [0.15, 0.2) is 28.7 Å². The van der Waals surface area contributed by atoms with Gasteiger partial charge in [-0.3, -0.25) is 0 Å². The summed E-state index contributed by atoms with van der Waals surface area (Å²) in [6.45, 7) is 11.0. The van der Waals surface area contributed by atoms with Gasteiger partial charge in [0, 0.05) is 11.0 Å². The molecule has 2 atom stereocenters. The van der Waals surface area contributed by atoms with Crippen molar-refractivity contribution in [2.24, 2.45) is 5.92 Å². The smallest absolute Gasteiger partial charge is 0.0178 e. The molecule has 0 spiro atoms. The minimum Gasteiger partial charge on any atom is -0.303 e. The van der Waals surface area contributed by atoms with E-state index in [1.54, 1.807) is 0 Å². The van der Waals surface area contributed by atoms with Crippen LogP contribution < -0.4 is 0 Å². The van der Waals surface area contributed by atoms with Gasteiger partial charge < -0.3 is 4.90 Å². The molecule has 0 N–H and O–H groups in total. The summed E-state index contributed by atoms with van der Waals surface area (Å²) in [7, 11) is 0. The van der Waals surface area contributed by atoms with E-state index >= 15 is 0 Å². The average Bonchev–Trinajstić information content (AvgIpc) is 2.47. The lowest BCUT2D eigenvalue weighted by Gasteiger charge is -2.45. The van der Waals surface area contributed by atoms with Gasteiger partial charge in [-0.1, -0.05) is 68.1 Å². The van der Waals surface area contributed by atoms with E-state index in [9.17, 15) is 0 Å². The molecule has 1 saturated heterocycles. The van der Waals surface area contributed by atoms with Crippen molar-refractivity contribution in [1.29, 1.82) is 0 Å². The van der Waals surface area contributed by atoms with E-state index in [1.165, 1.54) is 61.8 Å². The first-order valence-corrected chi connectivity index (χ1v) is 9.34. The summed E-state index contributed by atoms with van der Waals surface area (Å²) in [6.07, 6.45) is 6.76. The van der Waals surface area contributed by atoms with Crippen molar-refractivity contribution in [2.45, 2.75) is 58.3 Å². The Kier molecular flexibility index (Phi) is 6.31. The van der Waals surface area contributed by atoms with Gasteiger partial charge in [-0.2, -0.15) is 0 Å². The van der Waals surface area contributed by atoms with Crippen LogP contribution in [0.4, 0.5) is 0 Å². The van der Waals surface area contributed by atoms with Crippen molar-refractivity contribution in [3.63, 3.8) is 0 Å². The second-order valence-corrected chi connectivity index (χ2v) is 7.86. The summed E-state index contributed by atoms with van der Waals surface area (Å²) in [4.78, 5) is 2.68. The second kappa shape index (κ2) is 7.78. The molecule has 1 fully saturated rings. The van der Waals surface area contributed by atoms with Gasteiger partial charge in [0.2, 0.25) is 0 Å². The van der Waals surface area contributed by atoms with Gasteiger partial charge in [0.15, 0.2) is 0 Å². The summed E-state index contributed by atoms with van der Waals surface area (Å²) in [6, 6.07) is 8.92. The molecule has 0 unspecified atom stereocenters. The quantitative estimate of drug-likeness (QED) is 0.600. The SMILES string of the molecule is CCCCCCN1CC[C@](C)(c2cccc(Br)c2)[C@@H](C)C1. The fourth-order valence-corrected chi connectivity index (χ4v) is 3.95. The number of nitrogens with zero attached hydrogens (tertiary/aromatic N) is 1. The van der Waals surface area contributed by atoms with Crippen molar-refractivity contribution in [2.75, 3.05) is 19.6 Å². The molecule has 118 valence electrons. The first-order valence-electron chi connectivity index (χ1n) is 8.54. The second-order valence-electron chi connectivity index (χ2n) is 6.94. The van der Waals surface area contributed by atoms with Crippen molar-refractivity contribution in [3.8, 4) is 0 Å². The number of unbranched alkanes of at least 4 members (excludes halogenated alkanes) is 3. The number of halogens is 1. The Balaban J connectivity index is 1.94. The van der Waals surface area contributed by atoms with Crippen LogP contribution >= 0.6 is 15.9 Å². The monoisotopic (exact) mass is 351 g/mol. The standard InChI is InChI=1S/C19H30BrN/c1-4-5-6-7-12-21-13-11-19(3,16(2)15-21)17-9-8-10-18(20)14-17/h8-10,14,16H,4-7,11-13,15H2,1-3H3/t16-,19-/m0/s1. The molecular weight excluding hydrogens is 322 g/mol. The highest BCUT2D eigenvalue weighted by molar-refractivity contribution is 9.10. The topological polar surface area (TPSA) is 3.24 Å². The van der Waals surface area contributed by atoms with Crippen LogP contribution in [0.3, 0.4) is 0 Å². The van der Waals surface area contributed by atoms with Gasteiger partial charge in [0.25, 0.3) is 0 Å². The van der Waals surface area contributed by atoms with E-state index in [-0.39, 0.29) is 0 Å². The molecule has 2 rings (SSSR count).